The normalized spacial score (nSPS) is 10.6. The van der Waals surface area contributed by atoms with Crippen LogP contribution < -0.4 is 19.1 Å². The van der Waals surface area contributed by atoms with Gasteiger partial charge in [0.15, 0.2) is 23.3 Å². The van der Waals surface area contributed by atoms with Gasteiger partial charge in [-0.15, -0.1) is 12.4 Å². The molecule has 31 heavy (non-hydrogen) atoms. The quantitative estimate of drug-likeness (QED) is 0.474. The zero-order valence-corrected chi connectivity index (χ0v) is 19.4. The summed E-state index contributed by atoms with van der Waals surface area (Å²) in [5.41, 5.74) is 0.620. The first-order valence-corrected chi connectivity index (χ1v) is 10.1. The number of ether oxygens (including phenoxy) is 3. The molecule has 2 aromatic carbocycles. The van der Waals surface area contributed by atoms with Gasteiger partial charge < -0.3 is 19.1 Å². The second-order valence-corrected chi connectivity index (χ2v) is 7.69. The van der Waals surface area contributed by atoms with Crippen LogP contribution in [0.3, 0.4) is 0 Å². The largest absolute Gasteiger partial charge is 0.495 e. The molecule has 1 amide bonds. The van der Waals surface area contributed by atoms with E-state index in [-0.39, 0.29) is 30.7 Å². The number of halogens is 2. The highest BCUT2D eigenvalue weighted by Crippen LogP contribution is 2.40. The van der Waals surface area contributed by atoms with Crippen molar-refractivity contribution in [2.45, 2.75) is 0 Å². The van der Waals surface area contributed by atoms with Crippen LogP contribution in [0.15, 0.2) is 36.4 Å². The Morgan fingerprint density at radius 2 is 1.71 bits per heavy atom. The number of para-hydroxylation sites is 1. The Labute approximate surface area is 190 Å². The number of fused-ring (bicyclic) bond motifs is 1. The van der Waals surface area contributed by atoms with Crippen molar-refractivity contribution >= 4 is 45.0 Å². The Kier molecular flexibility index (Phi) is 8.85. The van der Waals surface area contributed by atoms with Crippen molar-refractivity contribution in [3.8, 4) is 17.2 Å². The summed E-state index contributed by atoms with van der Waals surface area (Å²) < 4.78 is 30.9. The summed E-state index contributed by atoms with van der Waals surface area (Å²) in [6.07, 6.45) is 0. The minimum absolute atomic E-state index is 0. The van der Waals surface area contributed by atoms with E-state index in [1.165, 1.54) is 23.5 Å². The molecule has 7 nitrogen and oxygen atoms in total. The zero-order chi connectivity index (χ0) is 21.7. The molecule has 0 unspecified atom stereocenters. The number of rotatable bonds is 9. The lowest BCUT2D eigenvalue weighted by Crippen LogP contribution is -2.39. The molecular weight excluding hydrogens is 445 g/mol. The summed E-state index contributed by atoms with van der Waals surface area (Å²) in [4.78, 5) is 21.1. The fourth-order valence-corrected chi connectivity index (χ4v) is 3.91. The molecule has 168 valence electrons. The summed E-state index contributed by atoms with van der Waals surface area (Å²) >= 11 is 1.33. The monoisotopic (exact) mass is 469 g/mol. The average Bonchev–Trinajstić information content (AvgIpc) is 3.17. The summed E-state index contributed by atoms with van der Waals surface area (Å²) in [5.74, 6) is 0.441. The minimum atomic E-state index is -0.514. The number of likely N-dealkylation sites (N-methyl/N-ethyl adjacent to an activating group) is 1. The molecule has 1 heterocycles. The number of nitrogens with zero attached hydrogens (tertiary/aromatic N) is 3. The molecule has 3 rings (SSSR count). The maximum absolute atomic E-state index is 13.8. The lowest BCUT2D eigenvalue weighted by atomic mass is 10.3. The van der Waals surface area contributed by atoms with Crippen molar-refractivity contribution in [1.82, 2.24) is 9.88 Å². The lowest BCUT2D eigenvalue weighted by molar-refractivity contribution is -0.120. The fraction of sp³-hybridized carbons (Fsp3) is 0.333. The van der Waals surface area contributed by atoms with Gasteiger partial charge in [-0.2, -0.15) is 0 Å². The summed E-state index contributed by atoms with van der Waals surface area (Å²) in [6.45, 7) is 0.713. The Hall–Kier alpha value is -2.62. The van der Waals surface area contributed by atoms with Crippen molar-refractivity contribution in [2.24, 2.45) is 0 Å². The van der Waals surface area contributed by atoms with Gasteiger partial charge in [0.1, 0.15) is 21.7 Å². The first kappa shape index (κ1) is 24.6. The molecule has 0 aliphatic rings. The van der Waals surface area contributed by atoms with Gasteiger partial charge in [0, 0.05) is 13.1 Å². The van der Waals surface area contributed by atoms with Gasteiger partial charge in [-0.05, 0) is 38.4 Å². The average molecular weight is 470 g/mol. The molecule has 0 atom stereocenters. The fourth-order valence-electron chi connectivity index (χ4n) is 2.80. The maximum atomic E-state index is 13.8. The van der Waals surface area contributed by atoms with Crippen LogP contribution in [0.1, 0.15) is 0 Å². The van der Waals surface area contributed by atoms with Crippen molar-refractivity contribution in [3.63, 3.8) is 0 Å². The number of carbonyl (C=O) groups is 1. The van der Waals surface area contributed by atoms with Crippen LogP contribution in [-0.2, 0) is 4.79 Å². The molecule has 0 spiro atoms. The van der Waals surface area contributed by atoms with Crippen molar-refractivity contribution in [1.29, 1.82) is 0 Å². The van der Waals surface area contributed by atoms with Gasteiger partial charge in [0.25, 0.3) is 5.91 Å². The third kappa shape index (κ3) is 5.75. The predicted octanol–water partition coefficient (Wildman–Crippen LogP) is 3.85. The van der Waals surface area contributed by atoms with Gasteiger partial charge in [-0.1, -0.05) is 23.5 Å². The summed E-state index contributed by atoms with van der Waals surface area (Å²) in [6, 6.07) is 9.57. The smallest absolute Gasteiger partial charge is 0.266 e. The van der Waals surface area contributed by atoms with Crippen LogP contribution in [-0.4, -0.2) is 63.8 Å². The first-order valence-electron chi connectivity index (χ1n) is 9.28. The van der Waals surface area contributed by atoms with Crippen LogP contribution in [0, 0.1) is 5.82 Å². The lowest BCUT2D eigenvalue weighted by Gasteiger charge is -2.22. The summed E-state index contributed by atoms with van der Waals surface area (Å²) in [5, 5.41) is 0.497. The number of aromatic nitrogens is 1. The minimum Gasteiger partial charge on any atom is -0.495 e. The Balaban J connectivity index is 0.00000341. The highest BCUT2D eigenvalue weighted by Gasteiger charge is 2.23. The van der Waals surface area contributed by atoms with E-state index in [4.69, 9.17) is 14.2 Å². The highest BCUT2D eigenvalue weighted by atomic mass is 35.5. The van der Waals surface area contributed by atoms with E-state index in [0.717, 1.165) is 4.70 Å². The van der Waals surface area contributed by atoms with E-state index >= 15 is 0 Å². The topological polar surface area (TPSA) is 64.1 Å². The van der Waals surface area contributed by atoms with Crippen molar-refractivity contribution in [2.75, 3.05) is 52.9 Å². The molecule has 0 fully saturated rings. The second kappa shape index (κ2) is 11.1. The Bertz CT molecular complexity index is 990. The van der Waals surface area contributed by atoms with E-state index in [2.05, 4.69) is 4.98 Å². The van der Waals surface area contributed by atoms with E-state index in [9.17, 15) is 9.18 Å². The number of amides is 1. The molecule has 1 aromatic heterocycles. The molecule has 0 radical (unpaired) electrons. The van der Waals surface area contributed by atoms with Crippen LogP contribution in [0.4, 0.5) is 9.52 Å². The molecule has 10 heteroatoms. The molecular formula is C21H25ClFN3O4S. The number of hydrogen-bond acceptors (Lipinski definition) is 7. The van der Waals surface area contributed by atoms with Gasteiger partial charge in [0.2, 0.25) is 0 Å². The third-order valence-electron chi connectivity index (χ3n) is 4.39. The van der Waals surface area contributed by atoms with Crippen LogP contribution in [0.2, 0.25) is 0 Å². The van der Waals surface area contributed by atoms with Crippen LogP contribution in [0.5, 0.6) is 17.2 Å². The molecule has 0 N–H and O–H groups in total. The van der Waals surface area contributed by atoms with Gasteiger partial charge in [0.05, 0.1) is 14.2 Å². The standard InChI is InChI=1S/C21H24FN3O4S.ClH/c1-24(2)11-12-25(18(26)13-29-15-8-6-5-7-14(15)22)21-23-19-16(27-3)9-10-17(28-4)20(19)30-21;/h5-10H,11-13H2,1-4H3;1H. The van der Waals surface area contributed by atoms with Crippen LogP contribution in [0.25, 0.3) is 10.2 Å². The van der Waals surface area contributed by atoms with Crippen molar-refractivity contribution < 1.29 is 23.4 Å². The molecule has 0 saturated carbocycles. The number of thiazole rings is 1. The number of hydrogen-bond donors (Lipinski definition) is 0. The Morgan fingerprint density at radius 1 is 1.03 bits per heavy atom. The number of carbonyl (C=O) groups excluding carboxylic acids is 1. The summed E-state index contributed by atoms with van der Waals surface area (Å²) in [7, 11) is 6.99. The van der Waals surface area contributed by atoms with E-state index in [1.807, 2.05) is 19.0 Å². The SMILES string of the molecule is COc1ccc(OC)c2sc(N(CCN(C)C)C(=O)COc3ccccc3F)nc12.Cl. The number of anilines is 1. The Morgan fingerprint density at radius 3 is 2.35 bits per heavy atom. The van der Waals surface area contributed by atoms with E-state index in [1.54, 1.807) is 43.4 Å². The van der Waals surface area contributed by atoms with E-state index < -0.39 is 5.82 Å². The first-order chi connectivity index (χ1) is 14.4. The third-order valence-corrected chi connectivity index (χ3v) is 5.48. The molecule has 0 bridgehead atoms. The highest BCUT2D eigenvalue weighted by molar-refractivity contribution is 7.22. The molecule has 0 aliphatic carbocycles. The van der Waals surface area contributed by atoms with Crippen molar-refractivity contribution in [3.05, 3.63) is 42.2 Å². The number of methoxy groups -OCH3 is 2. The zero-order valence-electron chi connectivity index (χ0n) is 17.8. The van der Waals surface area contributed by atoms with Gasteiger partial charge in [-0.3, -0.25) is 9.69 Å². The molecule has 0 aliphatic heterocycles. The van der Waals surface area contributed by atoms with Crippen LogP contribution >= 0.6 is 23.7 Å². The predicted molar refractivity (Wildman–Crippen MR) is 123 cm³/mol. The maximum Gasteiger partial charge on any atom is 0.266 e. The van der Waals surface area contributed by atoms with E-state index in [0.29, 0.717) is 35.2 Å². The second-order valence-electron chi connectivity index (χ2n) is 6.71. The van der Waals surface area contributed by atoms with Gasteiger partial charge in [-0.25, -0.2) is 9.37 Å². The molecule has 0 saturated heterocycles. The number of benzene rings is 2. The molecule has 3 aromatic rings. The van der Waals surface area contributed by atoms with Gasteiger partial charge >= 0.3 is 0 Å².